The van der Waals surface area contributed by atoms with Crippen LogP contribution in [0.1, 0.15) is 19.4 Å². The number of hydrogen-bond donors (Lipinski definition) is 2. The van der Waals surface area contributed by atoms with Crippen molar-refractivity contribution in [2.75, 3.05) is 31.2 Å². The van der Waals surface area contributed by atoms with E-state index in [-0.39, 0.29) is 0 Å². The highest BCUT2D eigenvalue weighted by atomic mass is 35.5. The molecular weight excluding hydrogens is 440 g/mol. The van der Waals surface area contributed by atoms with Crippen LogP contribution in [0.5, 0.6) is 11.8 Å². The molecule has 8 heteroatoms. The van der Waals surface area contributed by atoms with Crippen molar-refractivity contribution in [3.63, 3.8) is 0 Å². The Morgan fingerprint density at radius 1 is 1.03 bits per heavy atom. The molecular formula is C25H25ClN4O3. The molecule has 1 aliphatic rings. The normalized spacial score (nSPS) is 14.6. The van der Waals surface area contributed by atoms with E-state index in [0.29, 0.717) is 33.6 Å². The van der Waals surface area contributed by atoms with Crippen LogP contribution in [0, 0.1) is 0 Å². The first-order valence-electron chi connectivity index (χ1n) is 10.9. The Balaban J connectivity index is 1.38. The van der Waals surface area contributed by atoms with E-state index < -0.39 is 5.60 Å². The van der Waals surface area contributed by atoms with Crippen LogP contribution >= 0.6 is 11.6 Å². The van der Waals surface area contributed by atoms with E-state index in [2.05, 4.69) is 32.0 Å². The van der Waals surface area contributed by atoms with Crippen molar-refractivity contribution in [1.29, 1.82) is 0 Å². The zero-order valence-electron chi connectivity index (χ0n) is 18.5. The molecule has 0 aliphatic carbocycles. The minimum atomic E-state index is -0.907. The van der Waals surface area contributed by atoms with Gasteiger partial charge in [0, 0.05) is 24.3 Å². The lowest BCUT2D eigenvalue weighted by Crippen LogP contribution is -2.36. The molecule has 0 spiro atoms. The van der Waals surface area contributed by atoms with Crippen LogP contribution < -0.4 is 9.64 Å². The number of imidazole rings is 1. The topological polar surface area (TPSA) is 83.5 Å². The molecule has 3 heterocycles. The van der Waals surface area contributed by atoms with E-state index in [4.69, 9.17) is 21.1 Å². The molecule has 170 valence electrons. The Morgan fingerprint density at radius 2 is 1.73 bits per heavy atom. The van der Waals surface area contributed by atoms with Crippen LogP contribution in [-0.4, -0.2) is 46.4 Å². The third-order valence-electron chi connectivity index (χ3n) is 5.70. The number of nitrogens with zero attached hydrogens (tertiary/aromatic N) is 3. The number of halogens is 1. The summed E-state index contributed by atoms with van der Waals surface area (Å²) < 4.78 is 11.3. The van der Waals surface area contributed by atoms with Gasteiger partial charge in [-0.05, 0) is 49.7 Å². The first kappa shape index (κ1) is 21.7. The lowest BCUT2D eigenvalue weighted by molar-refractivity contribution is 0.0785. The molecule has 2 N–H and O–H groups in total. The summed E-state index contributed by atoms with van der Waals surface area (Å²) in [5.74, 6) is 0.604. The SMILES string of the molecule is CC(C)(O)c1ccc(Oc2nc3nc(-c4ccc(N5CCOCC5)cc4)c(Cl)cc3[nH]2)cc1. The predicted molar refractivity (Wildman–Crippen MR) is 129 cm³/mol. The molecule has 1 fully saturated rings. The van der Waals surface area contributed by atoms with Crippen molar-refractivity contribution in [3.05, 3.63) is 65.2 Å². The van der Waals surface area contributed by atoms with Gasteiger partial charge in [-0.2, -0.15) is 4.98 Å². The van der Waals surface area contributed by atoms with Crippen molar-refractivity contribution in [3.8, 4) is 23.0 Å². The number of ether oxygens (including phenoxy) is 2. The fourth-order valence-corrected chi connectivity index (χ4v) is 4.10. The molecule has 0 saturated carbocycles. The van der Waals surface area contributed by atoms with Crippen LogP contribution in [0.4, 0.5) is 5.69 Å². The van der Waals surface area contributed by atoms with Gasteiger partial charge >= 0.3 is 6.01 Å². The molecule has 0 radical (unpaired) electrons. The molecule has 0 atom stereocenters. The second-order valence-electron chi connectivity index (χ2n) is 8.56. The number of anilines is 1. The summed E-state index contributed by atoms with van der Waals surface area (Å²) in [7, 11) is 0. The van der Waals surface area contributed by atoms with Crippen molar-refractivity contribution in [2.45, 2.75) is 19.4 Å². The van der Waals surface area contributed by atoms with Crippen LogP contribution in [0.2, 0.25) is 5.02 Å². The monoisotopic (exact) mass is 464 g/mol. The first-order chi connectivity index (χ1) is 15.9. The maximum atomic E-state index is 10.1. The minimum Gasteiger partial charge on any atom is -0.426 e. The Hall–Kier alpha value is -3.13. The van der Waals surface area contributed by atoms with Gasteiger partial charge < -0.3 is 24.5 Å². The molecule has 4 aromatic rings. The zero-order valence-corrected chi connectivity index (χ0v) is 19.3. The molecule has 5 rings (SSSR count). The highest BCUT2D eigenvalue weighted by Gasteiger charge is 2.17. The standard InChI is InChI=1S/C25H25ClN4O3/c1-25(2,31)17-5-9-19(10-6-17)33-24-27-21-15-20(26)22(28-23(21)29-24)16-3-7-18(8-4-16)30-11-13-32-14-12-30/h3-10,15,31H,11-14H2,1-2H3,(H,27,28,29). The number of rotatable bonds is 5. The van der Waals surface area contributed by atoms with Crippen molar-refractivity contribution in [1.82, 2.24) is 15.0 Å². The van der Waals surface area contributed by atoms with Gasteiger partial charge in [-0.15, -0.1) is 0 Å². The van der Waals surface area contributed by atoms with Gasteiger partial charge in [-0.1, -0.05) is 35.9 Å². The van der Waals surface area contributed by atoms with E-state index in [9.17, 15) is 5.11 Å². The van der Waals surface area contributed by atoms with E-state index in [1.165, 1.54) is 0 Å². The smallest absolute Gasteiger partial charge is 0.301 e. The molecule has 2 aromatic carbocycles. The Labute approximate surface area is 197 Å². The van der Waals surface area contributed by atoms with Crippen molar-refractivity contribution in [2.24, 2.45) is 0 Å². The predicted octanol–water partition coefficient (Wildman–Crippen LogP) is 5.13. The number of morpholine rings is 1. The van der Waals surface area contributed by atoms with Gasteiger partial charge in [0.2, 0.25) is 0 Å². The molecule has 0 unspecified atom stereocenters. The highest BCUT2D eigenvalue weighted by molar-refractivity contribution is 6.33. The number of hydrogen-bond acceptors (Lipinski definition) is 6. The van der Waals surface area contributed by atoms with Crippen molar-refractivity contribution >= 4 is 28.5 Å². The van der Waals surface area contributed by atoms with Gasteiger partial charge in [0.15, 0.2) is 5.65 Å². The van der Waals surface area contributed by atoms with E-state index in [0.717, 1.165) is 43.1 Å². The van der Waals surface area contributed by atoms with Gasteiger partial charge in [0.05, 0.1) is 35.0 Å². The quantitative estimate of drug-likeness (QED) is 0.425. The van der Waals surface area contributed by atoms with Gasteiger partial charge in [-0.25, -0.2) is 4.98 Å². The van der Waals surface area contributed by atoms with E-state index in [1.54, 1.807) is 26.0 Å². The fourth-order valence-electron chi connectivity index (χ4n) is 3.84. The zero-order chi connectivity index (χ0) is 23.0. The number of pyridine rings is 1. The van der Waals surface area contributed by atoms with Gasteiger partial charge in [0.1, 0.15) is 5.75 Å². The molecule has 0 bridgehead atoms. The van der Waals surface area contributed by atoms with E-state index in [1.807, 2.05) is 30.3 Å². The van der Waals surface area contributed by atoms with Gasteiger partial charge in [0.25, 0.3) is 0 Å². The summed E-state index contributed by atoms with van der Waals surface area (Å²) in [5.41, 5.74) is 3.86. The number of benzene rings is 2. The molecule has 33 heavy (non-hydrogen) atoms. The maximum absolute atomic E-state index is 10.1. The number of nitrogens with one attached hydrogen (secondary N) is 1. The van der Waals surface area contributed by atoms with Crippen LogP contribution in [-0.2, 0) is 10.3 Å². The average Bonchev–Trinajstić information content (AvgIpc) is 3.20. The average molecular weight is 465 g/mol. The molecule has 0 amide bonds. The summed E-state index contributed by atoms with van der Waals surface area (Å²) in [5, 5.41) is 10.6. The lowest BCUT2D eigenvalue weighted by atomic mass is 9.99. The minimum absolute atomic E-state index is 0.324. The largest absolute Gasteiger partial charge is 0.426 e. The van der Waals surface area contributed by atoms with Crippen molar-refractivity contribution < 1.29 is 14.6 Å². The van der Waals surface area contributed by atoms with Gasteiger partial charge in [-0.3, -0.25) is 0 Å². The second kappa shape index (κ2) is 8.67. The maximum Gasteiger partial charge on any atom is 0.301 e. The molecule has 1 saturated heterocycles. The summed E-state index contributed by atoms with van der Waals surface area (Å²) in [6.45, 7) is 6.76. The Bertz CT molecular complexity index is 1260. The number of fused-ring (bicyclic) bond motifs is 1. The summed E-state index contributed by atoms with van der Waals surface area (Å²) in [6.07, 6.45) is 0. The van der Waals surface area contributed by atoms with Crippen LogP contribution in [0.3, 0.4) is 0 Å². The molecule has 2 aromatic heterocycles. The molecule has 7 nitrogen and oxygen atoms in total. The Kier molecular flexibility index (Phi) is 5.70. The first-order valence-corrected chi connectivity index (χ1v) is 11.2. The van der Waals surface area contributed by atoms with Crippen LogP contribution in [0.15, 0.2) is 54.6 Å². The number of H-pyrrole nitrogens is 1. The summed E-state index contributed by atoms with van der Waals surface area (Å²) in [6, 6.07) is 17.6. The van der Waals surface area contributed by atoms with Crippen LogP contribution in [0.25, 0.3) is 22.4 Å². The fraction of sp³-hybridized carbons (Fsp3) is 0.280. The highest BCUT2D eigenvalue weighted by Crippen LogP contribution is 2.32. The Morgan fingerprint density at radius 3 is 2.39 bits per heavy atom. The second-order valence-corrected chi connectivity index (χ2v) is 8.97. The van der Waals surface area contributed by atoms with E-state index >= 15 is 0 Å². The summed E-state index contributed by atoms with van der Waals surface area (Å²) >= 11 is 6.55. The molecule has 1 aliphatic heterocycles. The summed E-state index contributed by atoms with van der Waals surface area (Å²) in [4.78, 5) is 14.6. The third kappa shape index (κ3) is 4.66. The number of aromatic amines is 1. The lowest BCUT2D eigenvalue weighted by Gasteiger charge is -2.28. The third-order valence-corrected chi connectivity index (χ3v) is 5.99. The number of aliphatic hydroxyl groups is 1. The number of aromatic nitrogens is 3.